The first-order valence-electron chi connectivity index (χ1n) is 10.5. The average Bonchev–Trinajstić information content (AvgIpc) is 2.85. The van der Waals surface area contributed by atoms with Crippen LogP contribution in [0.2, 0.25) is 0 Å². The molecule has 2 aromatic carbocycles. The highest BCUT2D eigenvalue weighted by molar-refractivity contribution is 5.91. The maximum Gasteiger partial charge on any atom is 0.341 e. The van der Waals surface area contributed by atoms with Crippen molar-refractivity contribution in [1.29, 1.82) is 0 Å². The van der Waals surface area contributed by atoms with Gasteiger partial charge in [0, 0.05) is 13.1 Å². The van der Waals surface area contributed by atoms with Gasteiger partial charge < -0.3 is 11.1 Å². The molecule has 0 unspecified atom stereocenters. The highest BCUT2D eigenvalue weighted by Gasteiger charge is 2.21. The number of benzene rings is 2. The Labute approximate surface area is 193 Å². The van der Waals surface area contributed by atoms with Crippen LogP contribution in [0.4, 0.5) is 17.2 Å². The smallest absolute Gasteiger partial charge is 0.341 e. The predicted molar refractivity (Wildman–Crippen MR) is 132 cm³/mol. The number of nitrogens with two attached hydrogens (primary N) is 1. The average molecular weight is 452 g/mol. The first-order valence-corrected chi connectivity index (χ1v) is 10.5. The summed E-state index contributed by atoms with van der Waals surface area (Å²) < 4.78 is 3.77. The molecule has 9 heteroatoms. The molecule has 0 bridgehead atoms. The van der Waals surface area contributed by atoms with Gasteiger partial charge in [-0.25, -0.2) is 18.9 Å². The second kappa shape index (κ2) is 8.21. The van der Waals surface area contributed by atoms with Crippen LogP contribution in [0.5, 0.6) is 0 Å². The van der Waals surface area contributed by atoms with Gasteiger partial charge in [-0.1, -0.05) is 36.4 Å². The fourth-order valence-electron chi connectivity index (χ4n) is 3.89. The van der Waals surface area contributed by atoms with Gasteiger partial charge in [0.2, 0.25) is 0 Å². The Bertz CT molecular complexity index is 1690. The van der Waals surface area contributed by atoms with E-state index in [2.05, 4.69) is 10.3 Å². The number of pyridine rings is 2. The molecule has 0 fully saturated rings. The van der Waals surface area contributed by atoms with Crippen molar-refractivity contribution in [2.45, 2.75) is 0 Å². The summed E-state index contributed by atoms with van der Waals surface area (Å²) in [6.07, 6.45) is 1.50. The van der Waals surface area contributed by atoms with Gasteiger partial charge in [0.05, 0.1) is 28.9 Å². The van der Waals surface area contributed by atoms with E-state index in [1.165, 1.54) is 28.4 Å². The lowest BCUT2D eigenvalue weighted by Crippen LogP contribution is -2.40. The van der Waals surface area contributed by atoms with Gasteiger partial charge in [-0.05, 0) is 36.4 Å². The summed E-state index contributed by atoms with van der Waals surface area (Å²) in [5.41, 5.74) is 6.04. The van der Waals surface area contributed by atoms with Crippen LogP contribution in [0.3, 0.4) is 0 Å². The second-order valence-corrected chi connectivity index (χ2v) is 7.68. The zero-order valence-corrected chi connectivity index (χ0v) is 18.2. The molecule has 0 amide bonds. The Kier molecular flexibility index (Phi) is 5.06. The first-order chi connectivity index (χ1) is 16.5. The molecule has 5 rings (SSSR count). The minimum atomic E-state index is -0.587. The first kappa shape index (κ1) is 21.0. The molecule has 0 saturated carbocycles. The number of aryl methyl sites for hydroxylation is 1. The molecule has 3 N–H and O–H groups in total. The van der Waals surface area contributed by atoms with E-state index in [9.17, 15) is 14.4 Å². The van der Waals surface area contributed by atoms with E-state index in [-0.39, 0.29) is 22.3 Å². The lowest BCUT2D eigenvalue weighted by atomic mass is 10.2. The van der Waals surface area contributed by atoms with Gasteiger partial charge in [-0.3, -0.25) is 14.2 Å². The summed E-state index contributed by atoms with van der Waals surface area (Å²) in [5, 5.41) is 3.27. The minimum absolute atomic E-state index is 0.172. The number of para-hydroxylation sites is 2. The Morgan fingerprint density at radius 1 is 0.824 bits per heavy atom. The van der Waals surface area contributed by atoms with Crippen LogP contribution in [0.15, 0.2) is 99.4 Å². The number of fused-ring (bicyclic) bond motifs is 1. The highest BCUT2D eigenvalue weighted by atomic mass is 16.2. The van der Waals surface area contributed by atoms with Gasteiger partial charge >= 0.3 is 5.69 Å². The topological polar surface area (TPSA) is 117 Å². The lowest BCUT2D eigenvalue weighted by Gasteiger charge is -2.19. The van der Waals surface area contributed by atoms with Crippen LogP contribution in [-0.4, -0.2) is 18.7 Å². The Morgan fingerprint density at radius 3 is 2.03 bits per heavy atom. The molecule has 3 heterocycles. The predicted octanol–water partition coefficient (Wildman–Crippen LogP) is 2.56. The van der Waals surface area contributed by atoms with Crippen molar-refractivity contribution in [2.75, 3.05) is 11.1 Å². The Hall–Kier alpha value is -4.92. The van der Waals surface area contributed by atoms with Gasteiger partial charge in [0.1, 0.15) is 16.9 Å². The molecular formula is C25H20N6O3. The van der Waals surface area contributed by atoms with E-state index in [1.54, 1.807) is 66.7 Å². The van der Waals surface area contributed by atoms with Crippen molar-refractivity contribution < 1.29 is 0 Å². The molecule has 0 spiro atoms. The summed E-state index contributed by atoms with van der Waals surface area (Å²) in [5.74, 6) is 0.337. The molecule has 0 aliphatic carbocycles. The zero-order chi connectivity index (χ0) is 23.8. The van der Waals surface area contributed by atoms with Crippen LogP contribution in [-0.2, 0) is 7.05 Å². The molecule has 0 aliphatic rings. The van der Waals surface area contributed by atoms with E-state index in [0.717, 1.165) is 4.57 Å². The van der Waals surface area contributed by atoms with Gasteiger partial charge in [0.15, 0.2) is 0 Å². The van der Waals surface area contributed by atoms with Gasteiger partial charge in [-0.2, -0.15) is 0 Å². The van der Waals surface area contributed by atoms with Crippen LogP contribution < -0.4 is 27.9 Å². The lowest BCUT2D eigenvalue weighted by molar-refractivity contribution is 0.784. The maximum absolute atomic E-state index is 13.8. The van der Waals surface area contributed by atoms with E-state index >= 15 is 0 Å². The summed E-state index contributed by atoms with van der Waals surface area (Å²) in [6, 6.07) is 22.2. The Balaban J connectivity index is 1.95. The van der Waals surface area contributed by atoms with Crippen LogP contribution >= 0.6 is 0 Å². The van der Waals surface area contributed by atoms with Crippen molar-refractivity contribution in [3.8, 4) is 11.4 Å². The SMILES string of the molecule is Cn1c(=O)cc(Nc2ccc(N)nc2)c2c(=O)n(-c3ccccc3)c(=O)n(-c3ccccc3)c21. The van der Waals surface area contributed by atoms with Crippen molar-refractivity contribution in [3.05, 3.63) is 116 Å². The van der Waals surface area contributed by atoms with Crippen LogP contribution in [0.1, 0.15) is 0 Å². The summed E-state index contributed by atoms with van der Waals surface area (Å²) in [4.78, 5) is 44.5. The fourth-order valence-corrected chi connectivity index (χ4v) is 3.89. The molecule has 3 aromatic heterocycles. The largest absolute Gasteiger partial charge is 0.384 e. The summed E-state index contributed by atoms with van der Waals surface area (Å²) in [7, 11) is 1.53. The van der Waals surface area contributed by atoms with Crippen molar-refractivity contribution in [1.82, 2.24) is 18.7 Å². The summed E-state index contributed by atoms with van der Waals surface area (Å²) >= 11 is 0. The molecule has 0 aliphatic heterocycles. The van der Waals surface area contributed by atoms with E-state index in [0.29, 0.717) is 22.9 Å². The van der Waals surface area contributed by atoms with Gasteiger partial charge in [-0.15, -0.1) is 0 Å². The quantitative estimate of drug-likeness (QED) is 0.433. The number of nitrogen functional groups attached to an aromatic ring is 1. The van der Waals surface area contributed by atoms with E-state index in [1.807, 2.05) is 6.07 Å². The molecule has 5 aromatic rings. The number of hydrogen-bond acceptors (Lipinski definition) is 6. The molecule has 9 nitrogen and oxygen atoms in total. The van der Waals surface area contributed by atoms with Crippen LogP contribution in [0, 0.1) is 0 Å². The van der Waals surface area contributed by atoms with Crippen molar-refractivity contribution >= 4 is 28.2 Å². The third-order valence-electron chi connectivity index (χ3n) is 5.51. The fraction of sp³-hybridized carbons (Fsp3) is 0.0400. The zero-order valence-electron chi connectivity index (χ0n) is 18.2. The second-order valence-electron chi connectivity index (χ2n) is 7.68. The molecule has 0 saturated heterocycles. The number of rotatable bonds is 4. The van der Waals surface area contributed by atoms with Crippen molar-refractivity contribution in [3.63, 3.8) is 0 Å². The van der Waals surface area contributed by atoms with Gasteiger partial charge in [0.25, 0.3) is 11.1 Å². The highest BCUT2D eigenvalue weighted by Crippen LogP contribution is 2.23. The molecule has 34 heavy (non-hydrogen) atoms. The molecular weight excluding hydrogens is 432 g/mol. The standard InChI is InChI=1S/C25H20N6O3/c1-29-21(32)14-19(28-16-12-13-20(26)27-15-16)22-23(29)30(17-8-4-2-5-9-17)25(34)31(24(22)33)18-10-6-3-7-11-18/h2-15,28H,1H3,(H2,26,27). The van der Waals surface area contributed by atoms with Crippen LogP contribution in [0.25, 0.3) is 22.4 Å². The third-order valence-corrected chi connectivity index (χ3v) is 5.51. The Morgan fingerprint density at radius 2 is 1.44 bits per heavy atom. The summed E-state index contributed by atoms with van der Waals surface area (Å²) in [6.45, 7) is 0. The number of hydrogen-bond donors (Lipinski definition) is 2. The maximum atomic E-state index is 13.8. The normalized spacial score (nSPS) is 11.0. The van der Waals surface area contributed by atoms with E-state index in [4.69, 9.17) is 5.73 Å². The molecule has 168 valence electrons. The number of nitrogens with one attached hydrogen (secondary N) is 1. The number of nitrogens with zero attached hydrogens (tertiary/aromatic N) is 4. The molecule has 0 radical (unpaired) electrons. The van der Waals surface area contributed by atoms with E-state index < -0.39 is 11.2 Å². The minimum Gasteiger partial charge on any atom is -0.384 e. The molecule has 0 atom stereocenters. The number of anilines is 3. The monoisotopic (exact) mass is 452 g/mol. The van der Waals surface area contributed by atoms with Crippen molar-refractivity contribution in [2.24, 2.45) is 7.05 Å². The third kappa shape index (κ3) is 3.45. The number of aromatic nitrogens is 4.